The number of nitrogens with zero attached hydrogens (tertiary/aromatic N) is 1. The Hall–Kier alpha value is -1.29. The molecule has 0 aromatic carbocycles. The molecule has 0 bridgehead atoms. The normalized spacial score (nSPS) is 10.5. The van der Waals surface area contributed by atoms with Crippen LogP contribution in [0.2, 0.25) is 0 Å². The van der Waals surface area contributed by atoms with Crippen molar-refractivity contribution in [3.05, 3.63) is 24.0 Å². The van der Waals surface area contributed by atoms with E-state index in [0.29, 0.717) is 6.54 Å². The number of rotatable bonds is 8. The zero-order valence-electron chi connectivity index (χ0n) is 10.8. The van der Waals surface area contributed by atoms with Gasteiger partial charge in [-0.15, -0.1) is 0 Å². The molecule has 0 aliphatic carbocycles. The second kappa shape index (κ2) is 7.90. The minimum atomic E-state index is 0.0831. The Morgan fingerprint density at radius 2 is 2.06 bits per heavy atom. The minimum absolute atomic E-state index is 0.0831. The van der Waals surface area contributed by atoms with Gasteiger partial charge in [-0.25, -0.2) is 0 Å². The molecule has 1 rings (SSSR count). The second-order valence-corrected chi connectivity index (χ2v) is 4.15. The smallest absolute Gasteiger partial charge is 0.239 e. The summed E-state index contributed by atoms with van der Waals surface area (Å²) >= 11 is 0. The lowest BCUT2D eigenvalue weighted by molar-refractivity contribution is -0.121. The van der Waals surface area contributed by atoms with Gasteiger partial charge in [0.2, 0.25) is 5.91 Å². The van der Waals surface area contributed by atoms with Gasteiger partial charge in [0.05, 0.1) is 0 Å². The molecule has 0 aliphatic heterocycles. The maximum atomic E-state index is 11.6. The number of hydrogen-bond acceptors (Lipinski definition) is 2. The highest BCUT2D eigenvalue weighted by Crippen LogP contribution is 2.01. The Labute approximate surface area is 103 Å². The zero-order valence-corrected chi connectivity index (χ0v) is 10.8. The maximum absolute atomic E-state index is 11.6. The van der Waals surface area contributed by atoms with Crippen molar-refractivity contribution in [2.24, 2.45) is 0 Å². The van der Waals surface area contributed by atoms with E-state index in [1.165, 1.54) is 0 Å². The molecule has 1 aromatic rings. The number of carbonyl (C=O) groups excluding carboxylic acids is 1. The molecular formula is C13H23N3O. The van der Waals surface area contributed by atoms with Crippen LogP contribution < -0.4 is 10.6 Å². The molecule has 0 atom stereocenters. The van der Waals surface area contributed by atoms with E-state index in [2.05, 4.69) is 30.5 Å². The average molecular weight is 237 g/mol. The third-order valence-corrected chi connectivity index (χ3v) is 2.54. The highest BCUT2D eigenvalue weighted by molar-refractivity contribution is 5.75. The van der Waals surface area contributed by atoms with Gasteiger partial charge in [-0.05, 0) is 31.5 Å². The molecule has 2 N–H and O–H groups in total. The van der Waals surface area contributed by atoms with Crippen molar-refractivity contribution in [1.82, 2.24) is 15.2 Å². The van der Waals surface area contributed by atoms with Crippen LogP contribution in [0, 0.1) is 0 Å². The van der Waals surface area contributed by atoms with Gasteiger partial charge < -0.3 is 15.2 Å². The summed E-state index contributed by atoms with van der Waals surface area (Å²) in [6.07, 6.45) is 4.05. The molecular weight excluding hydrogens is 214 g/mol. The summed E-state index contributed by atoms with van der Waals surface area (Å²) in [7, 11) is 0. The van der Waals surface area contributed by atoms with Crippen LogP contribution in [0.4, 0.5) is 0 Å². The fourth-order valence-corrected chi connectivity index (χ4v) is 1.63. The average Bonchev–Trinajstić information content (AvgIpc) is 2.74. The van der Waals surface area contributed by atoms with E-state index in [0.717, 1.165) is 38.2 Å². The third-order valence-electron chi connectivity index (χ3n) is 2.54. The molecule has 4 heteroatoms. The van der Waals surface area contributed by atoms with E-state index in [4.69, 9.17) is 0 Å². The molecule has 1 aromatic heterocycles. The predicted molar refractivity (Wildman–Crippen MR) is 69.7 cm³/mol. The first-order chi connectivity index (χ1) is 8.27. The van der Waals surface area contributed by atoms with Gasteiger partial charge in [0.25, 0.3) is 0 Å². The molecule has 4 nitrogen and oxygen atoms in total. The van der Waals surface area contributed by atoms with Crippen molar-refractivity contribution < 1.29 is 4.79 Å². The van der Waals surface area contributed by atoms with Crippen molar-refractivity contribution in [3.63, 3.8) is 0 Å². The molecule has 0 unspecified atom stereocenters. The van der Waals surface area contributed by atoms with Crippen molar-refractivity contribution in [2.75, 3.05) is 13.1 Å². The van der Waals surface area contributed by atoms with Crippen LogP contribution >= 0.6 is 0 Å². The Morgan fingerprint density at radius 3 is 2.76 bits per heavy atom. The van der Waals surface area contributed by atoms with Crippen LogP contribution in [0.3, 0.4) is 0 Å². The van der Waals surface area contributed by atoms with Crippen molar-refractivity contribution >= 4 is 5.91 Å². The Balaban J connectivity index is 2.42. The molecule has 0 saturated heterocycles. The summed E-state index contributed by atoms with van der Waals surface area (Å²) in [6, 6.07) is 4.03. The number of nitrogens with one attached hydrogen (secondary N) is 2. The second-order valence-electron chi connectivity index (χ2n) is 4.15. The quantitative estimate of drug-likeness (QED) is 0.673. The molecule has 0 radical (unpaired) electrons. The van der Waals surface area contributed by atoms with Gasteiger partial charge in [0.15, 0.2) is 0 Å². The zero-order chi connectivity index (χ0) is 12.5. The van der Waals surface area contributed by atoms with Crippen molar-refractivity contribution in [2.45, 2.75) is 39.8 Å². The standard InChI is InChI=1S/C13H23N3O/c1-3-7-14-10-12-6-5-9-16(12)11-13(17)15-8-4-2/h5-6,9,14H,3-4,7-8,10-11H2,1-2H3,(H,15,17). The molecule has 17 heavy (non-hydrogen) atoms. The summed E-state index contributed by atoms with van der Waals surface area (Å²) in [5.74, 6) is 0.0831. The lowest BCUT2D eigenvalue weighted by atomic mass is 10.4. The maximum Gasteiger partial charge on any atom is 0.239 e. The Bertz CT molecular complexity index is 333. The minimum Gasteiger partial charge on any atom is -0.355 e. The first-order valence-corrected chi connectivity index (χ1v) is 6.39. The summed E-state index contributed by atoms with van der Waals surface area (Å²) in [6.45, 7) is 7.19. The van der Waals surface area contributed by atoms with E-state index >= 15 is 0 Å². The highest BCUT2D eigenvalue weighted by Gasteiger charge is 2.05. The Kier molecular flexibility index (Phi) is 6.40. The fraction of sp³-hybridized carbons (Fsp3) is 0.615. The van der Waals surface area contributed by atoms with Crippen molar-refractivity contribution in [1.29, 1.82) is 0 Å². The van der Waals surface area contributed by atoms with E-state index in [9.17, 15) is 4.79 Å². The third kappa shape index (κ3) is 5.04. The molecule has 0 saturated carbocycles. The van der Waals surface area contributed by atoms with Gasteiger partial charge in [0, 0.05) is 25.0 Å². The predicted octanol–water partition coefficient (Wildman–Crippen LogP) is 1.51. The monoisotopic (exact) mass is 237 g/mol. The molecule has 1 heterocycles. The van der Waals surface area contributed by atoms with E-state index in [1.54, 1.807) is 0 Å². The summed E-state index contributed by atoms with van der Waals surface area (Å²) in [5.41, 5.74) is 1.16. The molecule has 1 amide bonds. The van der Waals surface area contributed by atoms with Crippen LogP contribution in [-0.2, 0) is 17.9 Å². The van der Waals surface area contributed by atoms with Crippen LogP contribution in [0.1, 0.15) is 32.4 Å². The highest BCUT2D eigenvalue weighted by atomic mass is 16.1. The fourth-order valence-electron chi connectivity index (χ4n) is 1.63. The molecule has 0 fully saturated rings. The van der Waals surface area contributed by atoms with Crippen molar-refractivity contribution in [3.8, 4) is 0 Å². The van der Waals surface area contributed by atoms with Gasteiger partial charge in [-0.2, -0.15) is 0 Å². The first kappa shape index (κ1) is 13.8. The lowest BCUT2D eigenvalue weighted by Crippen LogP contribution is -2.29. The number of carbonyl (C=O) groups is 1. The van der Waals surface area contributed by atoms with Crippen LogP contribution in [0.5, 0.6) is 0 Å². The largest absolute Gasteiger partial charge is 0.355 e. The topological polar surface area (TPSA) is 46.1 Å². The number of hydrogen-bond donors (Lipinski definition) is 2. The van der Waals surface area contributed by atoms with Crippen LogP contribution in [0.15, 0.2) is 18.3 Å². The van der Waals surface area contributed by atoms with Gasteiger partial charge in [-0.1, -0.05) is 13.8 Å². The summed E-state index contributed by atoms with van der Waals surface area (Å²) in [5, 5.41) is 6.23. The van der Waals surface area contributed by atoms with Crippen LogP contribution in [-0.4, -0.2) is 23.6 Å². The van der Waals surface area contributed by atoms with Gasteiger partial charge in [-0.3, -0.25) is 4.79 Å². The van der Waals surface area contributed by atoms with Gasteiger partial charge in [0.1, 0.15) is 6.54 Å². The Morgan fingerprint density at radius 1 is 1.29 bits per heavy atom. The van der Waals surface area contributed by atoms with E-state index < -0.39 is 0 Å². The SMILES string of the molecule is CCCNCc1cccn1CC(=O)NCCC. The molecule has 0 aliphatic rings. The number of amides is 1. The lowest BCUT2D eigenvalue weighted by Gasteiger charge is -2.10. The number of aromatic nitrogens is 1. The summed E-state index contributed by atoms with van der Waals surface area (Å²) in [4.78, 5) is 11.6. The van der Waals surface area contributed by atoms with E-state index in [-0.39, 0.29) is 5.91 Å². The first-order valence-electron chi connectivity index (χ1n) is 6.39. The molecule has 0 spiro atoms. The van der Waals surface area contributed by atoms with E-state index in [1.807, 2.05) is 16.8 Å². The van der Waals surface area contributed by atoms with Gasteiger partial charge >= 0.3 is 0 Å². The molecule has 96 valence electrons. The summed E-state index contributed by atoms with van der Waals surface area (Å²) < 4.78 is 1.99. The van der Waals surface area contributed by atoms with Crippen LogP contribution in [0.25, 0.3) is 0 Å².